The molecular weight excluding hydrogens is 451 g/mol. The molecule has 3 heterocycles. The van der Waals surface area contributed by atoms with Crippen molar-refractivity contribution in [3.05, 3.63) is 65.9 Å². The molecule has 0 aliphatic carbocycles. The van der Waals surface area contributed by atoms with Crippen LogP contribution in [0.2, 0.25) is 0 Å². The lowest BCUT2D eigenvalue weighted by atomic mass is 10.0. The zero-order chi connectivity index (χ0) is 25.1. The van der Waals surface area contributed by atoms with Gasteiger partial charge in [0.05, 0.1) is 35.1 Å². The van der Waals surface area contributed by atoms with E-state index in [0.717, 1.165) is 25.1 Å². The first-order valence-electron chi connectivity index (χ1n) is 11.2. The molecule has 4 rings (SSSR count). The summed E-state index contributed by atoms with van der Waals surface area (Å²) in [5.41, 5.74) is 7.78. The first kappa shape index (κ1) is 24.1. The van der Waals surface area contributed by atoms with Crippen molar-refractivity contribution in [2.45, 2.75) is 18.9 Å². The van der Waals surface area contributed by atoms with Crippen molar-refractivity contribution >= 4 is 28.9 Å². The van der Waals surface area contributed by atoms with Gasteiger partial charge in [0.25, 0.3) is 11.8 Å². The molecule has 2 amide bonds. The Kier molecular flexibility index (Phi) is 6.92. The van der Waals surface area contributed by atoms with Gasteiger partial charge in [-0.25, -0.2) is 9.37 Å². The van der Waals surface area contributed by atoms with Crippen LogP contribution in [0.15, 0.2) is 48.8 Å². The lowest BCUT2D eigenvalue weighted by Crippen LogP contribution is -2.38. The maximum atomic E-state index is 14.7. The average Bonchev–Trinajstić information content (AvgIpc) is 2.84. The van der Waals surface area contributed by atoms with Crippen LogP contribution in [0.4, 0.5) is 21.5 Å². The molecule has 1 aliphatic rings. The Morgan fingerprint density at radius 1 is 1.23 bits per heavy atom. The van der Waals surface area contributed by atoms with Crippen LogP contribution < -0.4 is 16.0 Å². The number of nitrogen functional groups attached to an aromatic ring is 1. The van der Waals surface area contributed by atoms with E-state index in [1.165, 1.54) is 41.4 Å². The molecule has 35 heavy (non-hydrogen) atoms. The molecule has 182 valence electrons. The molecule has 4 N–H and O–H groups in total. The number of nitrogens with zero attached hydrogens (tertiary/aromatic N) is 4. The molecule has 0 bridgehead atoms. The van der Waals surface area contributed by atoms with Gasteiger partial charge < -0.3 is 26.0 Å². The Morgan fingerprint density at radius 3 is 2.77 bits per heavy atom. The highest BCUT2D eigenvalue weighted by molar-refractivity contribution is 6.08. The normalized spacial score (nSPS) is 15.5. The van der Waals surface area contributed by atoms with E-state index in [0.29, 0.717) is 17.8 Å². The second-order valence-electron chi connectivity index (χ2n) is 8.62. The van der Waals surface area contributed by atoms with Crippen molar-refractivity contribution in [2.75, 3.05) is 43.1 Å². The molecule has 1 atom stereocenters. The summed E-state index contributed by atoms with van der Waals surface area (Å²) in [6.45, 7) is 1.19. The minimum atomic E-state index is -0.586. The summed E-state index contributed by atoms with van der Waals surface area (Å²) in [5.74, 6) is -1.45. The summed E-state index contributed by atoms with van der Waals surface area (Å²) in [5, 5.41) is 12.8. The lowest BCUT2D eigenvalue weighted by Gasteiger charge is -2.33. The van der Waals surface area contributed by atoms with E-state index in [1.54, 1.807) is 26.4 Å². The second kappa shape index (κ2) is 10.1. The van der Waals surface area contributed by atoms with E-state index in [1.807, 2.05) is 4.90 Å². The number of nitrogens with one attached hydrogen (secondary N) is 1. The van der Waals surface area contributed by atoms with Gasteiger partial charge in [-0.15, -0.1) is 0 Å². The van der Waals surface area contributed by atoms with Crippen LogP contribution in [-0.4, -0.2) is 65.1 Å². The predicted molar refractivity (Wildman–Crippen MR) is 132 cm³/mol. The summed E-state index contributed by atoms with van der Waals surface area (Å²) in [4.78, 5) is 37.3. The number of hydrogen-bond donors (Lipinski definition) is 3. The van der Waals surface area contributed by atoms with Crippen molar-refractivity contribution in [3.63, 3.8) is 0 Å². The Morgan fingerprint density at radius 2 is 2.03 bits per heavy atom. The quantitative estimate of drug-likeness (QED) is 0.515. The van der Waals surface area contributed by atoms with Gasteiger partial charge in [-0.05, 0) is 49.2 Å². The summed E-state index contributed by atoms with van der Waals surface area (Å²) in [6.07, 6.45) is 4.25. The number of aliphatic hydroxyl groups excluding tert-OH is 1. The monoisotopic (exact) mass is 478 g/mol. The van der Waals surface area contributed by atoms with E-state index < -0.39 is 17.8 Å². The van der Waals surface area contributed by atoms with Crippen LogP contribution in [0.5, 0.6) is 0 Å². The minimum Gasteiger partial charge on any atom is -0.397 e. The Balaban J connectivity index is 1.64. The third kappa shape index (κ3) is 5.22. The standard InChI is InChI=1S/C25H27FN6O3/c1-31(2)25(35)15-5-6-18(26)17(12-15)20-8-7-19(27)23(29-20)24(34)30-21-13-28-10-9-22(21)32-11-3-4-16(33)14-32/h5-10,12-13,16,33H,3-4,11,14,27H2,1-2H3,(H,30,34). The summed E-state index contributed by atoms with van der Waals surface area (Å²) < 4.78 is 14.7. The number of benzene rings is 1. The number of amides is 2. The Bertz CT molecular complexity index is 1270. The Hall–Kier alpha value is -4.05. The van der Waals surface area contributed by atoms with Crippen LogP contribution in [0.1, 0.15) is 33.7 Å². The maximum Gasteiger partial charge on any atom is 0.276 e. The molecule has 1 saturated heterocycles. The van der Waals surface area contributed by atoms with Gasteiger partial charge in [0.15, 0.2) is 5.69 Å². The van der Waals surface area contributed by atoms with Crippen molar-refractivity contribution in [1.82, 2.24) is 14.9 Å². The fraction of sp³-hybridized carbons (Fsp3) is 0.280. The van der Waals surface area contributed by atoms with E-state index in [4.69, 9.17) is 5.73 Å². The van der Waals surface area contributed by atoms with Gasteiger partial charge in [0.2, 0.25) is 0 Å². The molecule has 1 fully saturated rings. The number of piperidine rings is 1. The second-order valence-corrected chi connectivity index (χ2v) is 8.62. The summed E-state index contributed by atoms with van der Waals surface area (Å²) in [7, 11) is 3.21. The van der Waals surface area contributed by atoms with Crippen molar-refractivity contribution in [3.8, 4) is 11.3 Å². The lowest BCUT2D eigenvalue weighted by molar-refractivity contribution is 0.0827. The van der Waals surface area contributed by atoms with Gasteiger partial charge in [-0.2, -0.15) is 0 Å². The number of hydrogen-bond acceptors (Lipinski definition) is 7. The van der Waals surface area contributed by atoms with Gasteiger partial charge in [-0.1, -0.05) is 0 Å². The fourth-order valence-electron chi connectivity index (χ4n) is 4.03. The predicted octanol–water partition coefficient (Wildman–Crippen LogP) is 2.78. The largest absolute Gasteiger partial charge is 0.397 e. The van der Waals surface area contributed by atoms with E-state index in [9.17, 15) is 19.1 Å². The van der Waals surface area contributed by atoms with Crippen molar-refractivity contribution in [1.29, 1.82) is 0 Å². The van der Waals surface area contributed by atoms with Gasteiger partial charge >= 0.3 is 0 Å². The molecule has 10 heteroatoms. The highest BCUT2D eigenvalue weighted by Crippen LogP contribution is 2.29. The highest BCUT2D eigenvalue weighted by Gasteiger charge is 2.22. The molecule has 2 aromatic heterocycles. The van der Waals surface area contributed by atoms with Crippen LogP contribution in [-0.2, 0) is 0 Å². The molecule has 1 aromatic carbocycles. The van der Waals surface area contributed by atoms with Crippen LogP contribution in [0.3, 0.4) is 0 Å². The zero-order valence-electron chi connectivity index (χ0n) is 19.5. The number of aromatic nitrogens is 2. The fourth-order valence-corrected chi connectivity index (χ4v) is 4.03. The van der Waals surface area contributed by atoms with E-state index in [2.05, 4.69) is 15.3 Å². The number of nitrogens with two attached hydrogens (primary N) is 1. The summed E-state index contributed by atoms with van der Waals surface area (Å²) >= 11 is 0. The molecule has 0 radical (unpaired) electrons. The van der Waals surface area contributed by atoms with E-state index in [-0.39, 0.29) is 28.5 Å². The number of pyridine rings is 2. The SMILES string of the molecule is CN(C)C(=O)c1ccc(F)c(-c2ccc(N)c(C(=O)Nc3cnccc3N3CCCC(O)C3)n2)c1. The molecule has 1 unspecified atom stereocenters. The zero-order valence-corrected chi connectivity index (χ0v) is 19.5. The topological polar surface area (TPSA) is 125 Å². The number of rotatable bonds is 5. The summed E-state index contributed by atoms with van der Waals surface area (Å²) in [6, 6.07) is 8.73. The average molecular weight is 479 g/mol. The minimum absolute atomic E-state index is 0.0797. The molecule has 3 aromatic rings. The molecule has 9 nitrogen and oxygen atoms in total. The smallest absolute Gasteiger partial charge is 0.276 e. The molecule has 0 saturated carbocycles. The number of anilines is 3. The number of β-amino-alcohol motifs (C(OH)–C–C–N with tert-alkyl or cyclic N) is 1. The third-order valence-electron chi connectivity index (χ3n) is 5.82. The number of carbonyl (C=O) groups excluding carboxylic acids is 2. The van der Waals surface area contributed by atoms with Crippen LogP contribution in [0.25, 0.3) is 11.3 Å². The third-order valence-corrected chi connectivity index (χ3v) is 5.82. The van der Waals surface area contributed by atoms with Crippen LogP contribution >= 0.6 is 0 Å². The van der Waals surface area contributed by atoms with Crippen molar-refractivity contribution < 1.29 is 19.1 Å². The molecular formula is C25H27FN6O3. The van der Waals surface area contributed by atoms with Gasteiger partial charge in [0, 0.05) is 44.5 Å². The number of carbonyl (C=O) groups is 2. The van der Waals surface area contributed by atoms with Gasteiger partial charge in [0.1, 0.15) is 5.82 Å². The maximum absolute atomic E-state index is 14.7. The molecule has 0 spiro atoms. The number of halogens is 1. The van der Waals surface area contributed by atoms with E-state index >= 15 is 0 Å². The number of aliphatic hydroxyl groups is 1. The Labute approximate surface area is 202 Å². The first-order valence-corrected chi connectivity index (χ1v) is 11.2. The first-order chi connectivity index (χ1) is 16.7. The van der Waals surface area contributed by atoms with Gasteiger partial charge in [-0.3, -0.25) is 14.6 Å². The van der Waals surface area contributed by atoms with Crippen molar-refractivity contribution in [2.24, 2.45) is 0 Å². The highest BCUT2D eigenvalue weighted by atomic mass is 19.1. The van der Waals surface area contributed by atoms with Crippen LogP contribution in [0, 0.1) is 5.82 Å². The molecule has 1 aliphatic heterocycles.